The van der Waals surface area contributed by atoms with Crippen LogP contribution in [0.3, 0.4) is 0 Å². The van der Waals surface area contributed by atoms with Gasteiger partial charge in [-0.1, -0.05) is 0 Å². The minimum Gasteiger partial charge on any atom is -0.493 e. The molecule has 142 valence electrons. The standard InChI is InChI=1S/C16H22N4O5S/c1-6-25-13-8-7-12(9-14(13)24-5)16(21)17-19-26(22,23)15-10(2)18-20(4)11(15)3/h7-9,19H,6H2,1-5H3,(H,17,21). The fourth-order valence-electron chi connectivity index (χ4n) is 2.46. The van der Waals surface area contributed by atoms with Crippen molar-refractivity contribution >= 4 is 15.9 Å². The molecule has 0 unspecified atom stereocenters. The van der Waals surface area contributed by atoms with Crippen molar-refractivity contribution in [2.45, 2.75) is 25.7 Å². The Labute approximate surface area is 152 Å². The van der Waals surface area contributed by atoms with Gasteiger partial charge in [0.1, 0.15) is 4.90 Å². The van der Waals surface area contributed by atoms with Gasteiger partial charge in [-0.25, -0.2) is 8.42 Å². The normalized spacial score (nSPS) is 11.3. The molecule has 0 aliphatic heterocycles. The van der Waals surface area contributed by atoms with Crippen LogP contribution in [0.5, 0.6) is 11.5 Å². The van der Waals surface area contributed by atoms with Crippen molar-refractivity contribution in [2.24, 2.45) is 7.05 Å². The predicted octanol–water partition coefficient (Wildman–Crippen LogP) is 1.07. The Morgan fingerprint density at radius 2 is 1.96 bits per heavy atom. The van der Waals surface area contributed by atoms with Gasteiger partial charge in [-0.15, -0.1) is 4.83 Å². The molecule has 0 bridgehead atoms. The molecule has 2 rings (SSSR count). The van der Waals surface area contributed by atoms with Crippen molar-refractivity contribution in [1.82, 2.24) is 20.0 Å². The number of carbonyl (C=O) groups is 1. The Morgan fingerprint density at radius 1 is 1.27 bits per heavy atom. The highest BCUT2D eigenvalue weighted by Gasteiger charge is 2.24. The van der Waals surface area contributed by atoms with E-state index in [4.69, 9.17) is 9.47 Å². The number of ether oxygens (including phenoxy) is 2. The molecule has 1 aromatic carbocycles. The minimum atomic E-state index is -3.96. The fraction of sp³-hybridized carbons (Fsp3) is 0.375. The molecular weight excluding hydrogens is 360 g/mol. The van der Waals surface area contributed by atoms with Crippen LogP contribution in [0, 0.1) is 13.8 Å². The average Bonchev–Trinajstić information content (AvgIpc) is 2.86. The number of hydrazine groups is 1. The summed E-state index contributed by atoms with van der Waals surface area (Å²) in [5, 5.41) is 4.07. The van der Waals surface area contributed by atoms with Gasteiger partial charge in [0.25, 0.3) is 15.9 Å². The number of carbonyl (C=O) groups excluding carboxylic acids is 1. The van der Waals surface area contributed by atoms with E-state index in [1.165, 1.54) is 23.9 Å². The van der Waals surface area contributed by atoms with Gasteiger partial charge in [0.2, 0.25) is 0 Å². The lowest BCUT2D eigenvalue weighted by Gasteiger charge is -2.12. The predicted molar refractivity (Wildman–Crippen MR) is 94.6 cm³/mol. The summed E-state index contributed by atoms with van der Waals surface area (Å²) in [7, 11) is -0.858. The summed E-state index contributed by atoms with van der Waals surface area (Å²) in [6.07, 6.45) is 0. The molecule has 0 aliphatic rings. The van der Waals surface area contributed by atoms with E-state index in [0.717, 1.165) is 0 Å². The molecule has 9 nitrogen and oxygen atoms in total. The van der Waals surface area contributed by atoms with E-state index in [2.05, 4.69) is 15.4 Å². The van der Waals surface area contributed by atoms with E-state index < -0.39 is 15.9 Å². The van der Waals surface area contributed by atoms with Gasteiger partial charge in [-0.3, -0.25) is 14.9 Å². The molecule has 0 fully saturated rings. The van der Waals surface area contributed by atoms with E-state index in [0.29, 0.717) is 29.5 Å². The summed E-state index contributed by atoms with van der Waals surface area (Å²) < 4.78 is 37.0. The zero-order valence-corrected chi connectivity index (χ0v) is 16.1. The number of aryl methyl sites for hydroxylation is 2. The minimum absolute atomic E-state index is 0.0320. The molecule has 1 amide bonds. The van der Waals surface area contributed by atoms with Crippen molar-refractivity contribution in [3.05, 3.63) is 35.2 Å². The monoisotopic (exact) mass is 382 g/mol. The number of aromatic nitrogens is 2. The molecule has 10 heteroatoms. The molecule has 2 aromatic rings. The number of nitrogens with zero attached hydrogens (tertiary/aromatic N) is 2. The molecule has 0 radical (unpaired) electrons. The quantitative estimate of drug-likeness (QED) is 0.693. The third-order valence-corrected chi connectivity index (χ3v) is 5.24. The average molecular weight is 382 g/mol. The number of benzene rings is 1. The van der Waals surface area contributed by atoms with Crippen LogP contribution in [-0.2, 0) is 17.1 Å². The highest BCUT2D eigenvalue weighted by Crippen LogP contribution is 2.28. The zero-order valence-electron chi connectivity index (χ0n) is 15.3. The molecule has 1 heterocycles. The second-order valence-electron chi connectivity index (χ2n) is 5.48. The second-order valence-corrected chi connectivity index (χ2v) is 7.10. The molecule has 0 saturated carbocycles. The van der Waals surface area contributed by atoms with Crippen LogP contribution in [0.15, 0.2) is 23.1 Å². The molecule has 0 spiro atoms. The van der Waals surface area contributed by atoms with Gasteiger partial charge in [0.15, 0.2) is 11.5 Å². The first-order valence-electron chi connectivity index (χ1n) is 7.84. The van der Waals surface area contributed by atoms with E-state index >= 15 is 0 Å². The third-order valence-electron chi connectivity index (χ3n) is 3.74. The Bertz CT molecular complexity index is 921. The van der Waals surface area contributed by atoms with Crippen LogP contribution in [-0.4, -0.2) is 37.8 Å². The summed E-state index contributed by atoms with van der Waals surface area (Å²) in [5.74, 6) is 0.240. The Kier molecular flexibility index (Phi) is 5.88. The van der Waals surface area contributed by atoms with Crippen LogP contribution in [0.25, 0.3) is 0 Å². The number of hydrogen-bond donors (Lipinski definition) is 2. The van der Waals surface area contributed by atoms with E-state index in [9.17, 15) is 13.2 Å². The maximum atomic E-state index is 12.5. The Morgan fingerprint density at radius 3 is 2.50 bits per heavy atom. The number of nitrogens with one attached hydrogen (secondary N) is 2. The van der Waals surface area contributed by atoms with Gasteiger partial charge < -0.3 is 9.47 Å². The topological polar surface area (TPSA) is 112 Å². The first-order valence-corrected chi connectivity index (χ1v) is 9.32. The van der Waals surface area contributed by atoms with Gasteiger partial charge in [0, 0.05) is 12.6 Å². The highest BCUT2D eigenvalue weighted by molar-refractivity contribution is 7.89. The lowest BCUT2D eigenvalue weighted by Crippen LogP contribution is -2.41. The van der Waals surface area contributed by atoms with Gasteiger partial charge in [0.05, 0.1) is 25.1 Å². The van der Waals surface area contributed by atoms with Crippen molar-refractivity contribution < 1.29 is 22.7 Å². The summed E-state index contributed by atoms with van der Waals surface area (Å²) in [4.78, 5) is 14.4. The van der Waals surface area contributed by atoms with E-state index in [1.54, 1.807) is 27.0 Å². The second kappa shape index (κ2) is 7.75. The summed E-state index contributed by atoms with van der Waals surface area (Å²) in [6.45, 7) is 5.50. The van der Waals surface area contributed by atoms with Crippen molar-refractivity contribution in [3.8, 4) is 11.5 Å². The number of rotatable bonds is 7. The first kappa shape index (κ1) is 19.7. The number of hydrogen-bond acceptors (Lipinski definition) is 6. The van der Waals surface area contributed by atoms with E-state index in [-0.39, 0.29) is 10.5 Å². The van der Waals surface area contributed by atoms with Crippen LogP contribution < -0.4 is 19.7 Å². The summed E-state index contributed by atoms with van der Waals surface area (Å²) in [5.41, 5.74) is 3.22. The summed E-state index contributed by atoms with van der Waals surface area (Å²) >= 11 is 0. The van der Waals surface area contributed by atoms with E-state index in [1.807, 2.05) is 6.92 Å². The van der Waals surface area contributed by atoms with Crippen LogP contribution >= 0.6 is 0 Å². The smallest absolute Gasteiger partial charge is 0.266 e. The molecular formula is C16H22N4O5S. The third kappa shape index (κ3) is 3.97. The molecule has 0 aliphatic carbocycles. The maximum absolute atomic E-state index is 12.5. The summed E-state index contributed by atoms with van der Waals surface area (Å²) in [6, 6.07) is 4.56. The SMILES string of the molecule is CCOc1ccc(C(=O)NNS(=O)(=O)c2c(C)nn(C)c2C)cc1OC. The Hall–Kier alpha value is -2.59. The number of sulfonamides is 1. The Balaban J connectivity index is 2.18. The largest absolute Gasteiger partial charge is 0.493 e. The molecule has 0 atom stereocenters. The first-order chi connectivity index (χ1) is 12.2. The van der Waals surface area contributed by atoms with Crippen molar-refractivity contribution in [3.63, 3.8) is 0 Å². The van der Waals surface area contributed by atoms with Crippen LogP contribution in [0.1, 0.15) is 28.7 Å². The molecule has 2 N–H and O–H groups in total. The lowest BCUT2D eigenvalue weighted by molar-refractivity contribution is 0.0944. The van der Waals surface area contributed by atoms with Crippen molar-refractivity contribution in [2.75, 3.05) is 13.7 Å². The highest BCUT2D eigenvalue weighted by atomic mass is 32.2. The van der Waals surface area contributed by atoms with Crippen molar-refractivity contribution in [1.29, 1.82) is 0 Å². The number of methoxy groups -OCH3 is 1. The van der Waals surface area contributed by atoms with Gasteiger partial charge in [-0.05, 0) is 39.0 Å². The molecule has 1 aromatic heterocycles. The van der Waals surface area contributed by atoms with Crippen LogP contribution in [0.4, 0.5) is 0 Å². The lowest BCUT2D eigenvalue weighted by atomic mass is 10.2. The molecule has 0 saturated heterocycles. The maximum Gasteiger partial charge on any atom is 0.266 e. The molecule has 26 heavy (non-hydrogen) atoms. The van der Waals surface area contributed by atoms with Gasteiger partial charge >= 0.3 is 0 Å². The zero-order chi connectivity index (χ0) is 19.5. The fourth-order valence-corrected chi connectivity index (χ4v) is 3.74. The van der Waals surface area contributed by atoms with Gasteiger partial charge in [-0.2, -0.15) is 5.10 Å². The number of amides is 1. The van der Waals surface area contributed by atoms with Crippen LogP contribution in [0.2, 0.25) is 0 Å².